The summed E-state index contributed by atoms with van der Waals surface area (Å²) in [5, 5.41) is 4.42. The normalized spacial score (nSPS) is 12.9. The highest BCUT2D eigenvalue weighted by atomic mass is 16.4. The van der Waals surface area contributed by atoms with Crippen LogP contribution < -0.4 is 31.3 Å². The summed E-state index contributed by atoms with van der Waals surface area (Å²) >= 11 is 0. The Balaban J connectivity index is 1.15. The van der Waals surface area contributed by atoms with Crippen LogP contribution in [-0.4, -0.2) is 6.71 Å². The molecule has 0 atom stereocenters. The van der Waals surface area contributed by atoms with Crippen LogP contribution in [0, 0.1) is 0 Å². The number of nitrogens with zero attached hydrogens (tertiary/aromatic N) is 3. The quantitative estimate of drug-likeness (QED) is 0.166. The van der Waals surface area contributed by atoms with Crippen LogP contribution >= 0.6 is 0 Å². The van der Waals surface area contributed by atoms with Gasteiger partial charge in [0.25, 0.3) is 0 Å². The van der Waals surface area contributed by atoms with E-state index in [1.807, 2.05) is 0 Å². The summed E-state index contributed by atoms with van der Waals surface area (Å²) in [4.78, 5) is 7.02. The summed E-state index contributed by atoms with van der Waals surface area (Å²) in [6.45, 7) is -0.217. The highest BCUT2D eigenvalue weighted by molar-refractivity contribution is 7.01. The first-order valence-electron chi connectivity index (χ1n) is 19.1. The van der Waals surface area contributed by atoms with Crippen LogP contribution in [0.4, 0.5) is 51.4 Å². The molecule has 12 rings (SSSR count). The Labute approximate surface area is 323 Å². The van der Waals surface area contributed by atoms with E-state index in [-0.39, 0.29) is 6.71 Å². The van der Waals surface area contributed by atoms with Gasteiger partial charge in [0.1, 0.15) is 11.2 Å². The SMILES string of the molecule is c1ccc(N(c2ccccc2)c2cccc(N3c4cccc5c4B(c4oc6c(ccc7ccccc76)c4N5c4ccccc4)c4c3oc3ccccc43)c2)cc1. The lowest BCUT2D eigenvalue weighted by Crippen LogP contribution is -2.60. The average Bonchev–Trinajstić information content (AvgIpc) is 3.84. The summed E-state index contributed by atoms with van der Waals surface area (Å²) in [5.41, 5.74) is 13.5. The first-order valence-corrected chi connectivity index (χ1v) is 19.1. The second kappa shape index (κ2) is 12.0. The van der Waals surface area contributed by atoms with Crippen molar-refractivity contribution in [1.29, 1.82) is 0 Å². The minimum atomic E-state index is -0.217. The molecule has 2 aliphatic rings. The molecule has 0 saturated carbocycles. The van der Waals surface area contributed by atoms with Crippen molar-refractivity contribution in [2.45, 2.75) is 0 Å². The van der Waals surface area contributed by atoms with Crippen LogP contribution in [0.1, 0.15) is 0 Å². The van der Waals surface area contributed by atoms with Crippen LogP contribution in [0.15, 0.2) is 203 Å². The molecule has 0 unspecified atom stereocenters. The highest BCUT2D eigenvalue weighted by Crippen LogP contribution is 2.49. The monoisotopic (exact) mass is 717 g/mol. The lowest BCUT2D eigenvalue weighted by Gasteiger charge is -2.40. The van der Waals surface area contributed by atoms with Gasteiger partial charge in [0.05, 0.1) is 17.0 Å². The first kappa shape index (κ1) is 31.0. The smallest absolute Gasteiger partial charge is 0.302 e. The number of benzene rings is 8. The predicted molar refractivity (Wildman–Crippen MR) is 232 cm³/mol. The Morgan fingerprint density at radius 3 is 1.80 bits per heavy atom. The first-order chi connectivity index (χ1) is 27.8. The third-order valence-electron chi connectivity index (χ3n) is 11.4. The van der Waals surface area contributed by atoms with Crippen molar-refractivity contribution in [2.75, 3.05) is 14.7 Å². The lowest BCUT2D eigenvalue weighted by atomic mass is 9.35. The van der Waals surface area contributed by atoms with Crippen molar-refractivity contribution in [1.82, 2.24) is 0 Å². The molecular formula is C50H32BN3O2. The molecule has 0 N–H and O–H groups in total. The number of hydrogen-bond acceptors (Lipinski definition) is 5. The van der Waals surface area contributed by atoms with Crippen LogP contribution in [-0.2, 0) is 0 Å². The van der Waals surface area contributed by atoms with Crippen molar-refractivity contribution in [2.24, 2.45) is 0 Å². The summed E-state index contributed by atoms with van der Waals surface area (Å²) in [5.74, 6) is 0.799. The number of fused-ring (bicyclic) bond motifs is 10. The van der Waals surface area contributed by atoms with E-state index >= 15 is 0 Å². The Morgan fingerprint density at radius 2 is 1.04 bits per heavy atom. The van der Waals surface area contributed by atoms with Crippen molar-refractivity contribution in [3.8, 4) is 0 Å². The molecular weight excluding hydrogens is 685 g/mol. The van der Waals surface area contributed by atoms with E-state index in [9.17, 15) is 0 Å². The number of furan rings is 2. The van der Waals surface area contributed by atoms with Gasteiger partial charge in [0.2, 0.25) is 5.88 Å². The van der Waals surface area contributed by atoms with Gasteiger partial charge < -0.3 is 18.6 Å². The molecule has 5 nitrogen and oxygen atoms in total. The Hall–Kier alpha value is -7.44. The van der Waals surface area contributed by atoms with Gasteiger partial charge in [-0.05, 0) is 89.7 Å². The third kappa shape index (κ3) is 4.44. The summed E-state index contributed by atoms with van der Waals surface area (Å²) < 4.78 is 14.3. The summed E-state index contributed by atoms with van der Waals surface area (Å²) in [7, 11) is 0. The van der Waals surface area contributed by atoms with E-state index in [1.54, 1.807) is 0 Å². The van der Waals surface area contributed by atoms with Gasteiger partial charge in [-0.25, -0.2) is 0 Å². The van der Waals surface area contributed by atoms with E-state index in [0.717, 1.165) is 95.2 Å². The van der Waals surface area contributed by atoms with Crippen LogP contribution in [0.2, 0.25) is 0 Å². The van der Waals surface area contributed by atoms with Gasteiger partial charge in [0.15, 0.2) is 0 Å². The summed E-state index contributed by atoms with van der Waals surface area (Å²) in [6.07, 6.45) is 0. The zero-order valence-corrected chi connectivity index (χ0v) is 30.2. The van der Waals surface area contributed by atoms with Crippen molar-refractivity contribution < 1.29 is 8.83 Å². The molecule has 0 amide bonds. The largest absolute Gasteiger partial charge is 0.467 e. The Kier molecular flexibility index (Phi) is 6.66. The predicted octanol–water partition coefficient (Wildman–Crippen LogP) is 11.9. The van der Waals surface area contributed by atoms with Crippen molar-refractivity contribution in [3.63, 3.8) is 0 Å². The van der Waals surface area contributed by atoms with Crippen LogP contribution in [0.5, 0.6) is 0 Å². The molecule has 0 bridgehead atoms. The van der Waals surface area contributed by atoms with Gasteiger partial charge in [-0.2, -0.15) is 0 Å². The fourth-order valence-corrected chi connectivity index (χ4v) is 9.09. The number of hydrogen-bond donors (Lipinski definition) is 0. The second-order valence-electron chi connectivity index (χ2n) is 14.5. The summed E-state index contributed by atoms with van der Waals surface area (Å²) in [6, 6.07) is 68.6. The number of anilines is 9. The molecule has 0 saturated heterocycles. The maximum Gasteiger partial charge on any atom is 0.302 e. The van der Waals surface area contributed by atoms with Gasteiger partial charge in [0, 0.05) is 55.7 Å². The Bertz CT molecular complexity index is 3080. The molecule has 0 aliphatic carbocycles. The lowest BCUT2D eigenvalue weighted by molar-refractivity contribution is 0.622. The van der Waals surface area contributed by atoms with E-state index in [0.29, 0.717) is 0 Å². The fraction of sp³-hybridized carbons (Fsp3) is 0. The van der Waals surface area contributed by atoms with Gasteiger partial charge in [-0.3, -0.25) is 4.90 Å². The second-order valence-corrected chi connectivity index (χ2v) is 14.5. The molecule has 6 heteroatoms. The van der Waals surface area contributed by atoms with E-state index in [1.165, 1.54) is 5.46 Å². The molecule has 10 aromatic rings. The minimum absolute atomic E-state index is 0.217. The zero-order chi connectivity index (χ0) is 36.7. The van der Waals surface area contributed by atoms with Crippen LogP contribution in [0.3, 0.4) is 0 Å². The van der Waals surface area contributed by atoms with Gasteiger partial charge in [-0.1, -0.05) is 115 Å². The molecule has 56 heavy (non-hydrogen) atoms. The fourth-order valence-electron chi connectivity index (χ4n) is 9.09. The van der Waals surface area contributed by atoms with Gasteiger partial charge in [-0.15, -0.1) is 0 Å². The maximum atomic E-state index is 7.26. The van der Waals surface area contributed by atoms with E-state index in [2.05, 4.69) is 209 Å². The van der Waals surface area contributed by atoms with E-state index < -0.39 is 0 Å². The molecule has 0 spiro atoms. The van der Waals surface area contributed by atoms with Gasteiger partial charge >= 0.3 is 6.71 Å². The number of rotatable bonds is 5. The zero-order valence-electron chi connectivity index (χ0n) is 30.2. The van der Waals surface area contributed by atoms with Crippen LogP contribution in [0.25, 0.3) is 32.7 Å². The molecule has 2 aliphatic heterocycles. The standard InChI is InChI=1S/C50H32BN3O2/c1-4-17-34(18-5-1)52(35-19-6-2-7-20-35)37-23-14-24-38(32-37)54-43-28-15-27-42-46(43)51(45-40-26-12-13-29-44(40)55-50(45)54)49-47(53(42)36-21-8-3-9-22-36)41-31-30-33-16-10-11-25-39(33)48(41)56-49/h1-32H. The molecule has 2 aromatic heterocycles. The maximum absolute atomic E-state index is 7.26. The number of para-hydroxylation sites is 4. The topological polar surface area (TPSA) is 36.0 Å². The van der Waals surface area contributed by atoms with E-state index in [4.69, 9.17) is 8.83 Å². The minimum Gasteiger partial charge on any atom is -0.467 e. The molecule has 0 fully saturated rings. The Morgan fingerprint density at radius 1 is 0.429 bits per heavy atom. The molecule has 262 valence electrons. The molecule has 4 heterocycles. The van der Waals surface area contributed by atoms with Crippen molar-refractivity contribution in [3.05, 3.63) is 194 Å². The van der Waals surface area contributed by atoms with Crippen molar-refractivity contribution >= 4 is 107 Å². The molecule has 8 aromatic carbocycles. The highest BCUT2D eigenvalue weighted by Gasteiger charge is 2.49. The third-order valence-corrected chi connectivity index (χ3v) is 11.4. The average molecular weight is 718 g/mol. The molecule has 0 radical (unpaired) electrons.